The van der Waals surface area contributed by atoms with Crippen molar-refractivity contribution in [3.63, 3.8) is 0 Å². The Kier molecular flexibility index (Phi) is 9.63. The predicted octanol–water partition coefficient (Wildman–Crippen LogP) is 3.30. The maximum absolute atomic E-state index is 13.3. The largest absolute Gasteiger partial charge is 0.368 e. The smallest absolute Gasteiger partial charge is 0.267 e. The Labute approximate surface area is 337 Å². The van der Waals surface area contributed by atoms with Gasteiger partial charge in [0.2, 0.25) is 11.8 Å². The first-order chi connectivity index (χ1) is 27.5. The second-order valence-electron chi connectivity index (χ2n) is 15.1. The molecular weight excluding hydrogens is 770 g/mol. The van der Waals surface area contributed by atoms with Crippen LogP contribution in [0.5, 0.6) is 0 Å². The third-order valence-corrected chi connectivity index (χ3v) is 12.7. The lowest BCUT2D eigenvalue weighted by Gasteiger charge is -2.55. The van der Waals surface area contributed by atoms with Crippen molar-refractivity contribution < 1.29 is 24.0 Å². The highest BCUT2D eigenvalue weighted by Crippen LogP contribution is 2.34. The number of hydrogen-bond donors (Lipinski definition) is 3. The average molecular weight is 810 g/mol. The van der Waals surface area contributed by atoms with Gasteiger partial charge in [0, 0.05) is 82.6 Å². The van der Waals surface area contributed by atoms with Crippen molar-refractivity contribution in [2.45, 2.75) is 44.8 Å². The number of fused-ring (bicyclic) bond motifs is 1. The molecule has 1 unspecified atom stereocenters. The third-order valence-electron chi connectivity index (χ3n) is 11.5. The minimum atomic E-state index is -0.973. The van der Waals surface area contributed by atoms with Gasteiger partial charge in [-0.05, 0) is 50.1 Å². The van der Waals surface area contributed by atoms with E-state index in [0.717, 1.165) is 74.3 Å². The number of carbonyl (C=O) groups is 5. The number of aromatic nitrogens is 3. The minimum absolute atomic E-state index is 0.0910. The molecule has 5 aliphatic heterocycles. The Bertz CT molecular complexity index is 2300. The molecule has 0 radical (unpaired) electrons. The van der Waals surface area contributed by atoms with E-state index in [1.54, 1.807) is 18.2 Å². The van der Waals surface area contributed by atoms with E-state index in [-0.39, 0.29) is 18.7 Å². The van der Waals surface area contributed by atoms with Gasteiger partial charge in [-0.25, -0.2) is 15.0 Å². The normalized spacial score (nSPS) is 20.7. The fourth-order valence-electron chi connectivity index (χ4n) is 8.18. The van der Waals surface area contributed by atoms with Gasteiger partial charge in [-0.2, -0.15) is 0 Å². The molecule has 2 aromatic heterocycles. The van der Waals surface area contributed by atoms with Gasteiger partial charge >= 0.3 is 0 Å². The molecular formula is C39H40ClN11O5S. The zero-order valence-corrected chi connectivity index (χ0v) is 32.9. The number of imide groups is 2. The second-order valence-corrected chi connectivity index (χ2v) is 16.5. The molecule has 5 aliphatic rings. The van der Waals surface area contributed by atoms with Crippen molar-refractivity contribution in [1.82, 2.24) is 35.0 Å². The van der Waals surface area contributed by atoms with Gasteiger partial charge in [-0.1, -0.05) is 35.1 Å². The molecule has 0 saturated carbocycles. The summed E-state index contributed by atoms with van der Waals surface area (Å²) in [6, 6.07) is 12.6. The van der Waals surface area contributed by atoms with Gasteiger partial charge in [-0.15, -0.1) is 0 Å². The summed E-state index contributed by atoms with van der Waals surface area (Å²) in [5.41, 5.74) is 2.94. The molecule has 9 rings (SSSR count). The lowest BCUT2D eigenvalue weighted by molar-refractivity contribution is -0.136. The van der Waals surface area contributed by atoms with Gasteiger partial charge in [0.25, 0.3) is 17.7 Å². The number of amides is 5. The SMILES string of the molecule is Cc1nc(Nc2ncc(C(=O)Nc3c(C)cccc3Cl)s2)cc(N2CCN(C3CN(C4CN(c5ccc6c(c5)C(=O)N(C5CCC(=O)NC5=O)C6=O)C4)C3)CC2)n1. The number of piperidine rings is 1. The fraction of sp³-hybridized carbons (Fsp3) is 0.385. The molecule has 7 heterocycles. The first-order valence-electron chi connectivity index (χ1n) is 19.0. The van der Waals surface area contributed by atoms with E-state index < -0.39 is 29.7 Å². The summed E-state index contributed by atoms with van der Waals surface area (Å²) in [4.78, 5) is 88.1. The van der Waals surface area contributed by atoms with Crippen LogP contribution >= 0.6 is 22.9 Å². The molecule has 1 atom stereocenters. The van der Waals surface area contributed by atoms with Crippen LogP contribution in [0.3, 0.4) is 0 Å². The molecule has 57 heavy (non-hydrogen) atoms. The lowest BCUT2D eigenvalue weighted by Crippen LogP contribution is -2.71. The second kappa shape index (κ2) is 14.8. The monoisotopic (exact) mass is 809 g/mol. The van der Waals surface area contributed by atoms with Crippen molar-refractivity contribution in [3.8, 4) is 0 Å². The number of anilines is 5. The highest BCUT2D eigenvalue weighted by atomic mass is 35.5. The third kappa shape index (κ3) is 7.09. The molecule has 0 aliphatic carbocycles. The number of piperazine rings is 1. The van der Waals surface area contributed by atoms with Gasteiger partial charge in [0.15, 0.2) is 5.13 Å². The average Bonchev–Trinajstić information content (AvgIpc) is 3.71. The molecule has 4 aromatic rings. The number of thiazole rings is 1. The van der Waals surface area contributed by atoms with Crippen LogP contribution in [0.15, 0.2) is 48.7 Å². The summed E-state index contributed by atoms with van der Waals surface area (Å²) in [6.07, 6.45) is 1.76. The molecule has 18 heteroatoms. The van der Waals surface area contributed by atoms with Gasteiger partial charge in [0.05, 0.1) is 28.0 Å². The highest BCUT2D eigenvalue weighted by molar-refractivity contribution is 7.17. The number of carbonyl (C=O) groups excluding carboxylic acids is 5. The van der Waals surface area contributed by atoms with Gasteiger partial charge in [-0.3, -0.25) is 44.0 Å². The van der Waals surface area contributed by atoms with Crippen molar-refractivity contribution in [2.75, 3.05) is 72.8 Å². The number of aryl methyl sites for hydroxylation is 2. The number of halogens is 1. The summed E-state index contributed by atoms with van der Waals surface area (Å²) in [7, 11) is 0. The fourth-order valence-corrected chi connectivity index (χ4v) is 9.16. The number of para-hydroxylation sites is 1. The number of nitrogens with zero attached hydrogens (tertiary/aromatic N) is 8. The Morgan fingerprint density at radius 1 is 0.877 bits per heavy atom. The zero-order chi connectivity index (χ0) is 39.5. The quantitative estimate of drug-likeness (QED) is 0.210. The standard InChI is InChI=1S/C39H40ClN11O5S/c1-21-4-3-5-28(40)34(21)46-36(54)30-16-41-39(57-30)44-31-15-32(43-22(2)42-31)48-12-10-47(11-13-48)24-17-50(18-24)25-19-49(20-25)23-6-7-26-27(14-23)38(56)51(37(26)55)29-8-9-33(52)45-35(29)53/h3-7,14-16,24-25,29H,8-13,17-20H2,1-2H3,(H,46,54)(H,45,52,53)(H,41,42,43,44). The Morgan fingerprint density at radius 3 is 2.39 bits per heavy atom. The zero-order valence-electron chi connectivity index (χ0n) is 31.3. The van der Waals surface area contributed by atoms with Crippen LogP contribution in [-0.2, 0) is 9.59 Å². The highest BCUT2D eigenvalue weighted by Gasteiger charge is 2.46. The van der Waals surface area contributed by atoms with E-state index in [1.807, 2.05) is 38.1 Å². The maximum atomic E-state index is 13.3. The predicted molar refractivity (Wildman–Crippen MR) is 215 cm³/mol. The summed E-state index contributed by atoms with van der Waals surface area (Å²) in [5.74, 6) is -0.165. The molecule has 0 spiro atoms. The van der Waals surface area contributed by atoms with Crippen molar-refractivity contribution in [3.05, 3.63) is 81.1 Å². The Hall–Kier alpha value is -5.49. The van der Waals surface area contributed by atoms with E-state index in [9.17, 15) is 24.0 Å². The number of likely N-dealkylation sites (tertiary alicyclic amines) is 1. The number of rotatable bonds is 9. The van der Waals surface area contributed by atoms with Crippen LogP contribution < -0.4 is 25.8 Å². The maximum Gasteiger partial charge on any atom is 0.267 e. The van der Waals surface area contributed by atoms with E-state index in [1.165, 1.54) is 17.5 Å². The molecule has 0 bridgehead atoms. The topological polar surface area (TPSA) is 176 Å². The first kappa shape index (κ1) is 37.1. The number of hydrogen-bond acceptors (Lipinski definition) is 14. The van der Waals surface area contributed by atoms with Crippen LogP contribution in [0.25, 0.3) is 0 Å². The summed E-state index contributed by atoms with van der Waals surface area (Å²) >= 11 is 7.53. The van der Waals surface area contributed by atoms with E-state index in [0.29, 0.717) is 55.6 Å². The van der Waals surface area contributed by atoms with Gasteiger partial charge in [0.1, 0.15) is 28.4 Å². The minimum Gasteiger partial charge on any atom is -0.368 e. The molecule has 3 N–H and O–H groups in total. The lowest BCUT2D eigenvalue weighted by atomic mass is 9.97. The van der Waals surface area contributed by atoms with Crippen molar-refractivity contribution in [1.29, 1.82) is 0 Å². The Balaban J connectivity index is 0.741. The molecule has 4 fully saturated rings. The molecule has 16 nitrogen and oxygen atoms in total. The summed E-state index contributed by atoms with van der Waals surface area (Å²) in [5, 5.41) is 9.41. The van der Waals surface area contributed by atoms with Crippen LogP contribution in [0.2, 0.25) is 5.02 Å². The van der Waals surface area contributed by atoms with Crippen LogP contribution in [0.4, 0.5) is 28.1 Å². The van der Waals surface area contributed by atoms with Crippen LogP contribution in [-0.4, -0.2) is 130 Å². The van der Waals surface area contributed by atoms with E-state index >= 15 is 0 Å². The van der Waals surface area contributed by atoms with E-state index in [2.05, 4.69) is 45.5 Å². The van der Waals surface area contributed by atoms with Gasteiger partial charge < -0.3 is 20.4 Å². The van der Waals surface area contributed by atoms with Crippen molar-refractivity contribution in [2.24, 2.45) is 0 Å². The van der Waals surface area contributed by atoms with E-state index in [4.69, 9.17) is 16.6 Å². The molecule has 294 valence electrons. The van der Waals surface area contributed by atoms with Crippen molar-refractivity contribution >= 4 is 80.6 Å². The number of benzene rings is 2. The summed E-state index contributed by atoms with van der Waals surface area (Å²) < 4.78 is 0. The first-order valence-corrected chi connectivity index (χ1v) is 20.2. The van der Waals surface area contributed by atoms with Crippen LogP contribution in [0, 0.1) is 13.8 Å². The molecule has 4 saturated heterocycles. The number of nitrogens with one attached hydrogen (secondary N) is 3. The Morgan fingerprint density at radius 2 is 1.63 bits per heavy atom. The summed E-state index contributed by atoms with van der Waals surface area (Å²) in [6.45, 7) is 11.0. The molecule has 5 amide bonds. The molecule has 2 aromatic carbocycles. The van der Waals surface area contributed by atoms with Crippen LogP contribution in [0.1, 0.15) is 54.6 Å².